The van der Waals surface area contributed by atoms with Gasteiger partial charge >= 0.3 is 0 Å². The lowest BCUT2D eigenvalue weighted by atomic mass is 10.1. The van der Waals surface area contributed by atoms with Crippen molar-refractivity contribution < 1.29 is 4.74 Å². The van der Waals surface area contributed by atoms with Crippen LogP contribution in [-0.4, -0.2) is 37.7 Å². The average molecular weight is 233 g/mol. The summed E-state index contributed by atoms with van der Waals surface area (Å²) in [4.78, 5) is 2.57. The molecule has 0 aliphatic carbocycles. The highest BCUT2D eigenvalue weighted by atomic mass is 16.5. The fourth-order valence-corrected chi connectivity index (χ4v) is 2.52. The highest BCUT2D eigenvalue weighted by molar-refractivity contribution is 5.14. The van der Waals surface area contributed by atoms with E-state index in [1.165, 1.54) is 50.9 Å². The van der Waals surface area contributed by atoms with Crippen molar-refractivity contribution in [3.8, 4) is 0 Å². The van der Waals surface area contributed by atoms with Gasteiger partial charge in [0, 0.05) is 20.2 Å². The molecule has 0 N–H and O–H groups in total. The topological polar surface area (TPSA) is 12.5 Å². The molecule has 1 aromatic rings. The molecule has 94 valence electrons. The SMILES string of the molecule is COC1CCN(CCCc2ccccc2)CC1. The third-order valence-electron chi connectivity index (χ3n) is 3.65. The maximum absolute atomic E-state index is 5.39. The van der Waals surface area contributed by atoms with Gasteiger partial charge in [-0.2, -0.15) is 0 Å². The number of aryl methyl sites for hydroxylation is 1. The van der Waals surface area contributed by atoms with Crippen molar-refractivity contribution in [2.75, 3.05) is 26.7 Å². The van der Waals surface area contributed by atoms with Crippen LogP contribution in [0.5, 0.6) is 0 Å². The van der Waals surface area contributed by atoms with Crippen LogP contribution in [0.2, 0.25) is 0 Å². The fourth-order valence-electron chi connectivity index (χ4n) is 2.52. The smallest absolute Gasteiger partial charge is 0.0595 e. The first kappa shape index (κ1) is 12.6. The van der Waals surface area contributed by atoms with E-state index in [1.54, 1.807) is 0 Å². The van der Waals surface area contributed by atoms with Gasteiger partial charge in [-0.1, -0.05) is 30.3 Å². The summed E-state index contributed by atoms with van der Waals surface area (Å²) in [6, 6.07) is 10.8. The van der Waals surface area contributed by atoms with Gasteiger partial charge in [0.25, 0.3) is 0 Å². The Balaban J connectivity index is 1.63. The number of benzene rings is 1. The molecule has 0 radical (unpaired) electrons. The summed E-state index contributed by atoms with van der Waals surface area (Å²) in [5.74, 6) is 0. The Bertz CT molecular complexity index is 304. The highest BCUT2D eigenvalue weighted by Gasteiger charge is 2.17. The number of ether oxygens (including phenoxy) is 1. The molecule has 1 saturated heterocycles. The fraction of sp³-hybridized carbons (Fsp3) is 0.600. The molecule has 1 aliphatic heterocycles. The number of hydrogen-bond donors (Lipinski definition) is 0. The van der Waals surface area contributed by atoms with E-state index < -0.39 is 0 Å². The number of hydrogen-bond acceptors (Lipinski definition) is 2. The second-order valence-corrected chi connectivity index (χ2v) is 4.87. The molecule has 1 aliphatic rings. The quantitative estimate of drug-likeness (QED) is 0.775. The molecule has 0 atom stereocenters. The Morgan fingerprint density at radius 1 is 1.18 bits per heavy atom. The molecular weight excluding hydrogens is 210 g/mol. The second-order valence-electron chi connectivity index (χ2n) is 4.87. The van der Waals surface area contributed by atoms with Crippen molar-refractivity contribution in [3.63, 3.8) is 0 Å². The van der Waals surface area contributed by atoms with E-state index in [9.17, 15) is 0 Å². The van der Waals surface area contributed by atoms with E-state index in [0.717, 1.165) is 0 Å². The predicted octanol–water partition coefficient (Wildman–Crippen LogP) is 2.73. The molecule has 2 rings (SSSR count). The molecule has 0 saturated carbocycles. The molecule has 2 nitrogen and oxygen atoms in total. The Kier molecular flexibility index (Phi) is 5.02. The first-order chi connectivity index (χ1) is 8.38. The maximum atomic E-state index is 5.39. The van der Waals surface area contributed by atoms with Crippen molar-refractivity contribution in [1.82, 2.24) is 4.90 Å². The number of methoxy groups -OCH3 is 1. The second kappa shape index (κ2) is 6.77. The zero-order valence-electron chi connectivity index (χ0n) is 10.8. The third-order valence-corrected chi connectivity index (χ3v) is 3.65. The van der Waals surface area contributed by atoms with Crippen molar-refractivity contribution in [1.29, 1.82) is 0 Å². The van der Waals surface area contributed by atoms with Gasteiger partial charge in [0.2, 0.25) is 0 Å². The predicted molar refractivity (Wildman–Crippen MR) is 71.2 cm³/mol. The summed E-state index contributed by atoms with van der Waals surface area (Å²) < 4.78 is 5.39. The average Bonchev–Trinajstić information content (AvgIpc) is 2.41. The van der Waals surface area contributed by atoms with Crippen molar-refractivity contribution >= 4 is 0 Å². The molecule has 2 heteroatoms. The third kappa shape index (κ3) is 4.14. The van der Waals surface area contributed by atoms with Crippen molar-refractivity contribution in [2.24, 2.45) is 0 Å². The number of rotatable bonds is 5. The van der Waals surface area contributed by atoms with Gasteiger partial charge in [0.15, 0.2) is 0 Å². The Labute approximate surface area is 105 Å². The van der Waals surface area contributed by atoms with Crippen molar-refractivity contribution in [3.05, 3.63) is 35.9 Å². The van der Waals surface area contributed by atoms with E-state index in [2.05, 4.69) is 35.2 Å². The molecule has 0 unspecified atom stereocenters. The molecule has 0 amide bonds. The summed E-state index contributed by atoms with van der Waals surface area (Å²) >= 11 is 0. The number of piperidine rings is 1. The summed E-state index contributed by atoms with van der Waals surface area (Å²) in [6.07, 6.45) is 5.36. The van der Waals surface area contributed by atoms with Crippen LogP contribution in [0.3, 0.4) is 0 Å². The van der Waals surface area contributed by atoms with Crippen LogP contribution in [0.1, 0.15) is 24.8 Å². The zero-order chi connectivity index (χ0) is 11.9. The maximum Gasteiger partial charge on any atom is 0.0595 e. The first-order valence-corrected chi connectivity index (χ1v) is 6.67. The van der Waals surface area contributed by atoms with Crippen LogP contribution >= 0.6 is 0 Å². The van der Waals surface area contributed by atoms with Crippen LogP contribution in [0.4, 0.5) is 0 Å². The Morgan fingerprint density at radius 2 is 1.88 bits per heavy atom. The molecule has 17 heavy (non-hydrogen) atoms. The van der Waals surface area contributed by atoms with Crippen LogP contribution in [0.15, 0.2) is 30.3 Å². The van der Waals surface area contributed by atoms with Gasteiger partial charge in [-0.25, -0.2) is 0 Å². The van der Waals surface area contributed by atoms with Gasteiger partial charge in [0.1, 0.15) is 0 Å². The lowest BCUT2D eigenvalue weighted by Gasteiger charge is -2.31. The van der Waals surface area contributed by atoms with Gasteiger partial charge < -0.3 is 9.64 Å². The normalized spacial score (nSPS) is 18.4. The van der Waals surface area contributed by atoms with Gasteiger partial charge in [0.05, 0.1) is 6.10 Å². The largest absolute Gasteiger partial charge is 0.381 e. The summed E-state index contributed by atoms with van der Waals surface area (Å²) in [5, 5.41) is 0. The molecule has 1 aromatic carbocycles. The van der Waals surface area contributed by atoms with Crippen molar-refractivity contribution in [2.45, 2.75) is 31.8 Å². The van der Waals surface area contributed by atoms with E-state index in [0.29, 0.717) is 6.10 Å². The van der Waals surface area contributed by atoms with E-state index in [1.807, 2.05) is 7.11 Å². The van der Waals surface area contributed by atoms with Gasteiger partial charge in [-0.15, -0.1) is 0 Å². The highest BCUT2D eigenvalue weighted by Crippen LogP contribution is 2.13. The van der Waals surface area contributed by atoms with Gasteiger partial charge in [-0.05, 0) is 37.8 Å². The van der Waals surface area contributed by atoms with Crippen LogP contribution in [0, 0.1) is 0 Å². The van der Waals surface area contributed by atoms with Crippen LogP contribution in [-0.2, 0) is 11.2 Å². The number of likely N-dealkylation sites (tertiary alicyclic amines) is 1. The molecular formula is C15H23NO. The standard InChI is InChI=1S/C15H23NO/c1-17-15-9-12-16(13-10-15)11-5-8-14-6-3-2-4-7-14/h2-4,6-7,15H,5,8-13H2,1H3. The first-order valence-electron chi connectivity index (χ1n) is 6.67. The minimum absolute atomic E-state index is 0.500. The molecule has 1 fully saturated rings. The minimum atomic E-state index is 0.500. The summed E-state index contributed by atoms with van der Waals surface area (Å²) in [6.45, 7) is 3.63. The Morgan fingerprint density at radius 3 is 2.53 bits per heavy atom. The van der Waals surface area contributed by atoms with Crippen LogP contribution in [0.25, 0.3) is 0 Å². The minimum Gasteiger partial charge on any atom is -0.381 e. The molecule has 0 spiro atoms. The lowest BCUT2D eigenvalue weighted by molar-refractivity contribution is 0.0409. The molecule has 0 aromatic heterocycles. The summed E-state index contributed by atoms with van der Waals surface area (Å²) in [5.41, 5.74) is 1.46. The zero-order valence-corrected chi connectivity index (χ0v) is 10.8. The van der Waals surface area contributed by atoms with E-state index >= 15 is 0 Å². The molecule has 1 heterocycles. The van der Waals surface area contributed by atoms with Gasteiger partial charge in [-0.3, -0.25) is 0 Å². The Hall–Kier alpha value is -0.860. The van der Waals surface area contributed by atoms with E-state index in [-0.39, 0.29) is 0 Å². The summed E-state index contributed by atoms with van der Waals surface area (Å²) in [7, 11) is 1.83. The monoisotopic (exact) mass is 233 g/mol. The van der Waals surface area contributed by atoms with E-state index in [4.69, 9.17) is 4.74 Å². The van der Waals surface area contributed by atoms with Crippen LogP contribution < -0.4 is 0 Å². The number of nitrogens with zero attached hydrogens (tertiary/aromatic N) is 1. The lowest BCUT2D eigenvalue weighted by Crippen LogP contribution is -2.37. The molecule has 0 bridgehead atoms.